The number of benzene rings is 2. The van der Waals surface area contributed by atoms with Gasteiger partial charge in [0.15, 0.2) is 0 Å². The van der Waals surface area contributed by atoms with Gasteiger partial charge in [0.2, 0.25) is 15.9 Å². The molecule has 0 radical (unpaired) electrons. The minimum atomic E-state index is -3.54. The number of thioether (sulfide) groups is 1. The van der Waals surface area contributed by atoms with E-state index in [-0.39, 0.29) is 23.9 Å². The zero-order valence-electron chi connectivity index (χ0n) is 15.0. The van der Waals surface area contributed by atoms with Crippen molar-refractivity contribution in [3.63, 3.8) is 0 Å². The third-order valence-electron chi connectivity index (χ3n) is 3.65. The van der Waals surface area contributed by atoms with Crippen molar-refractivity contribution in [1.29, 1.82) is 0 Å². The van der Waals surface area contributed by atoms with E-state index in [0.717, 1.165) is 11.3 Å². The Kier molecular flexibility index (Phi) is 7.68. The van der Waals surface area contributed by atoms with Gasteiger partial charge in [-0.3, -0.25) is 4.79 Å². The second-order valence-corrected chi connectivity index (χ2v) is 8.80. The Bertz CT molecular complexity index is 834. The van der Waals surface area contributed by atoms with Crippen molar-refractivity contribution in [3.8, 4) is 0 Å². The van der Waals surface area contributed by atoms with E-state index < -0.39 is 10.0 Å². The third kappa shape index (κ3) is 6.82. The van der Waals surface area contributed by atoms with Gasteiger partial charge in [0.25, 0.3) is 0 Å². The molecular formula is C19H24N2O3S2. The lowest BCUT2D eigenvalue weighted by atomic mass is 10.2. The quantitative estimate of drug-likeness (QED) is 0.643. The highest BCUT2D eigenvalue weighted by atomic mass is 32.2. The van der Waals surface area contributed by atoms with E-state index in [1.54, 1.807) is 24.3 Å². The average molecular weight is 393 g/mol. The molecule has 2 aromatic carbocycles. The minimum absolute atomic E-state index is 0.0998. The number of rotatable bonds is 9. The molecule has 1 amide bonds. The number of sulfonamides is 1. The number of carbonyl (C=O) groups excluding carboxylic acids is 1. The van der Waals surface area contributed by atoms with Crippen LogP contribution in [0.4, 0.5) is 0 Å². The van der Waals surface area contributed by atoms with E-state index in [0.29, 0.717) is 5.75 Å². The van der Waals surface area contributed by atoms with Crippen molar-refractivity contribution in [2.45, 2.75) is 24.5 Å². The number of carbonyl (C=O) groups is 1. The van der Waals surface area contributed by atoms with Gasteiger partial charge < -0.3 is 5.32 Å². The average Bonchev–Trinajstić information content (AvgIpc) is 2.59. The summed E-state index contributed by atoms with van der Waals surface area (Å²) in [4.78, 5) is 12.0. The molecule has 0 unspecified atom stereocenters. The van der Waals surface area contributed by atoms with E-state index in [1.807, 2.05) is 32.0 Å². The van der Waals surface area contributed by atoms with Crippen LogP contribution in [0.5, 0.6) is 0 Å². The Balaban J connectivity index is 1.66. The van der Waals surface area contributed by atoms with Crippen LogP contribution in [0.25, 0.3) is 0 Å². The highest BCUT2D eigenvalue weighted by Crippen LogP contribution is 2.13. The van der Waals surface area contributed by atoms with Crippen LogP contribution in [0.2, 0.25) is 0 Å². The van der Waals surface area contributed by atoms with E-state index in [1.165, 1.54) is 22.9 Å². The predicted octanol–water partition coefficient (Wildman–Crippen LogP) is 2.63. The molecule has 2 N–H and O–H groups in total. The van der Waals surface area contributed by atoms with Gasteiger partial charge in [0, 0.05) is 18.8 Å². The topological polar surface area (TPSA) is 75.3 Å². The summed E-state index contributed by atoms with van der Waals surface area (Å²) in [5, 5.41) is 2.73. The van der Waals surface area contributed by atoms with Crippen molar-refractivity contribution in [3.05, 3.63) is 65.2 Å². The predicted molar refractivity (Wildman–Crippen MR) is 107 cm³/mol. The van der Waals surface area contributed by atoms with Crippen LogP contribution in [-0.4, -0.2) is 33.2 Å². The molecule has 5 nitrogen and oxygen atoms in total. The van der Waals surface area contributed by atoms with Crippen LogP contribution in [0, 0.1) is 13.8 Å². The molecule has 0 saturated carbocycles. The van der Waals surface area contributed by atoms with Crippen LogP contribution in [0.15, 0.2) is 53.4 Å². The Morgan fingerprint density at radius 2 is 1.73 bits per heavy atom. The lowest BCUT2D eigenvalue weighted by Crippen LogP contribution is -2.35. The standard InChI is InChI=1S/C19H24N2O3S2/c1-15-6-8-18(9-7-15)26(23,24)21-11-10-20-19(22)14-25-13-17-5-3-4-16(2)12-17/h3-9,12,21H,10-11,13-14H2,1-2H3,(H,20,22). The van der Waals surface area contributed by atoms with Crippen LogP contribution in [0.3, 0.4) is 0 Å². The molecule has 2 aromatic rings. The molecular weight excluding hydrogens is 368 g/mol. The SMILES string of the molecule is Cc1ccc(S(=O)(=O)NCCNC(=O)CSCc2cccc(C)c2)cc1. The summed E-state index contributed by atoms with van der Waals surface area (Å²) in [6.45, 7) is 4.36. The Hall–Kier alpha value is -1.83. The summed E-state index contributed by atoms with van der Waals surface area (Å²) < 4.78 is 26.7. The van der Waals surface area contributed by atoms with Gasteiger partial charge in [0.05, 0.1) is 10.6 Å². The highest BCUT2D eigenvalue weighted by molar-refractivity contribution is 7.99. The monoisotopic (exact) mass is 392 g/mol. The number of hydrogen-bond acceptors (Lipinski definition) is 4. The van der Waals surface area contributed by atoms with Crippen LogP contribution >= 0.6 is 11.8 Å². The number of hydrogen-bond donors (Lipinski definition) is 2. The first-order valence-electron chi connectivity index (χ1n) is 8.33. The molecule has 140 valence electrons. The molecule has 2 rings (SSSR count). The second kappa shape index (κ2) is 9.75. The van der Waals surface area contributed by atoms with Crippen molar-refractivity contribution < 1.29 is 13.2 Å². The first-order valence-corrected chi connectivity index (χ1v) is 11.0. The zero-order chi connectivity index (χ0) is 19.0. The summed E-state index contributed by atoms with van der Waals surface area (Å²) in [5.74, 6) is 1.02. The van der Waals surface area contributed by atoms with Gasteiger partial charge >= 0.3 is 0 Å². The van der Waals surface area contributed by atoms with Gasteiger partial charge in [-0.2, -0.15) is 0 Å². The molecule has 0 aromatic heterocycles. The first-order chi connectivity index (χ1) is 12.4. The summed E-state index contributed by atoms with van der Waals surface area (Å²) in [7, 11) is -3.54. The molecule has 0 atom stereocenters. The van der Waals surface area contributed by atoms with Crippen LogP contribution < -0.4 is 10.0 Å². The molecule has 0 aliphatic rings. The second-order valence-electron chi connectivity index (χ2n) is 6.04. The smallest absolute Gasteiger partial charge is 0.240 e. The molecule has 0 aliphatic carbocycles. The van der Waals surface area contributed by atoms with E-state index in [9.17, 15) is 13.2 Å². The maximum absolute atomic E-state index is 12.1. The zero-order valence-corrected chi connectivity index (χ0v) is 16.6. The van der Waals surface area contributed by atoms with Crippen LogP contribution in [-0.2, 0) is 20.6 Å². The van der Waals surface area contributed by atoms with Gasteiger partial charge in [-0.15, -0.1) is 11.8 Å². The fraction of sp³-hybridized carbons (Fsp3) is 0.316. The van der Waals surface area contributed by atoms with Gasteiger partial charge in [0.1, 0.15) is 0 Å². The molecule has 0 spiro atoms. The Morgan fingerprint density at radius 1 is 1.00 bits per heavy atom. The van der Waals surface area contributed by atoms with E-state index in [2.05, 4.69) is 16.1 Å². The molecule has 0 heterocycles. The number of amides is 1. The van der Waals surface area contributed by atoms with Crippen LogP contribution in [0.1, 0.15) is 16.7 Å². The third-order valence-corrected chi connectivity index (χ3v) is 6.14. The molecule has 0 bridgehead atoms. The fourth-order valence-corrected chi connectivity index (χ4v) is 4.14. The number of aryl methyl sites for hydroxylation is 2. The summed E-state index contributed by atoms with van der Waals surface area (Å²) in [5.41, 5.74) is 3.39. The van der Waals surface area contributed by atoms with Crippen molar-refractivity contribution in [1.82, 2.24) is 10.0 Å². The van der Waals surface area contributed by atoms with E-state index >= 15 is 0 Å². The lowest BCUT2D eigenvalue weighted by Gasteiger charge is -2.08. The minimum Gasteiger partial charge on any atom is -0.354 e. The summed E-state index contributed by atoms with van der Waals surface area (Å²) in [6, 6.07) is 14.8. The fourth-order valence-electron chi connectivity index (χ4n) is 2.30. The Morgan fingerprint density at radius 3 is 2.42 bits per heavy atom. The highest BCUT2D eigenvalue weighted by Gasteiger charge is 2.12. The summed E-state index contributed by atoms with van der Waals surface area (Å²) >= 11 is 1.53. The maximum Gasteiger partial charge on any atom is 0.240 e. The van der Waals surface area contributed by atoms with Crippen molar-refractivity contribution >= 4 is 27.7 Å². The molecule has 0 fully saturated rings. The largest absolute Gasteiger partial charge is 0.354 e. The molecule has 0 saturated heterocycles. The van der Waals surface area contributed by atoms with Gasteiger partial charge in [-0.05, 0) is 31.5 Å². The lowest BCUT2D eigenvalue weighted by molar-refractivity contribution is -0.118. The molecule has 7 heteroatoms. The summed E-state index contributed by atoms with van der Waals surface area (Å²) in [6.07, 6.45) is 0. The first kappa shape index (κ1) is 20.5. The van der Waals surface area contributed by atoms with Gasteiger partial charge in [-0.25, -0.2) is 13.1 Å². The van der Waals surface area contributed by atoms with Gasteiger partial charge in [-0.1, -0.05) is 47.5 Å². The normalized spacial score (nSPS) is 11.3. The van der Waals surface area contributed by atoms with Crippen molar-refractivity contribution in [2.24, 2.45) is 0 Å². The molecule has 0 aliphatic heterocycles. The maximum atomic E-state index is 12.1. The molecule has 26 heavy (non-hydrogen) atoms. The van der Waals surface area contributed by atoms with Crippen molar-refractivity contribution in [2.75, 3.05) is 18.8 Å². The van der Waals surface area contributed by atoms with E-state index in [4.69, 9.17) is 0 Å². The Labute approximate surface area is 159 Å². The number of nitrogens with one attached hydrogen (secondary N) is 2.